The van der Waals surface area contributed by atoms with Crippen molar-refractivity contribution in [2.45, 2.75) is 25.9 Å². The molecule has 0 aliphatic carbocycles. The maximum Gasteiger partial charge on any atom is 0.137 e. The molecular weight excluding hydrogens is 230 g/mol. The Morgan fingerprint density at radius 2 is 2.41 bits per heavy atom. The molecule has 92 valence electrons. The van der Waals surface area contributed by atoms with E-state index in [0.717, 1.165) is 17.9 Å². The van der Waals surface area contributed by atoms with Gasteiger partial charge in [0.2, 0.25) is 0 Å². The Hall–Kier alpha value is -1.00. The van der Waals surface area contributed by atoms with Crippen molar-refractivity contribution < 1.29 is 0 Å². The first-order valence-corrected chi connectivity index (χ1v) is 7.37. The molecule has 0 amide bonds. The zero-order chi connectivity index (χ0) is 12.1. The third-order valence-corrected chi connectivity index (χ3v) is 3.71. The van der Waals surface area contributed by atoms with Gasteiger partial charge in [-0.1, -0.05) is 6.92 Å². The number of aromatic amines is 1. The fourth-order valence-electron chi connectivity index (χ4n) is 1.94. The van der Waals surface area contributed by atoms with E-state index in [1.165, 1.54) is 17.4 Å². The number of rotatable bonds is 6. The number of H-pyrrole nitrogens is 1. The van der Waals surface area contributed by atoms with Crippen LogP contribution in [0.15, 0.2) is 24.5 Å². The molecule has 0 spiro atoms. The molecule has 0 radical (unpaired) electrons. The minimum atomic E-state index is 0.589. The third kappa shape index (κ3) is 3.01. The van der Waals surface area contributed by atoms with E-state index in [4.69, 9.17) is 0 Å². The number of nitrogens with zero attached hydrogens (tertiary/aromatic N) is 1. The second kappa shape index (κ2) is 6.07. The maximum absolute atomic E-state index is 4.30. The van der Waals surface area contributed by atoms with Gasteiger partial charge in [-0.2, -0.15) is 11.8 Å². The Labute approximate surface area is 106 Å². The monoisotopic (exact) mass is 249 g/mol. The lowest BCUT2D eigenvalue weighted by molar-refractivity contribution is 0.542. The zero-order valence-corrected chi connectivity index (χ0v) is 11.2. The Bertz CT molecular complexity index is 466. The first kappa shape index (κ1) is 12.5. The van der Waals surface area contributed by atoms with Gasteiger partial charge in [0.1, 0.15) is 5.65 Å². The minimum Gasteiger partial charge on any atom is -0.346 e. The van der Waals surface area contributed by atoms with Crippen LogP contribution in [0.1, 0.15) is 18.9 Å². The number of hydrogen-bond acceptors (Lipinski definition) is 3. The standard InChI is InChI=1S/C13H19N3S/c1-3-11(9-17-2)15-7-10-8-16-13-12(10)5-4-6-14-13/h4-6,8,11,15H,3,7,9H2,1-2H3,(H,14,16). The Morgan fingerprint density at radius 3 is 3.18 bits per heavy atom. The smallest absolute Gasteiger partial charge is 0.137 e. The normalized spacial score (nSPS) is 13.1. The lowest BCUT2D eigenvalue weighted by Gasteiger charge is -2.15. The number of hydrogen-bond donors (Lipinski definition) is 2. The number of fused-ring (bicyclic) bond motifs is 1. The van der Waals surface area contributed by atoms with Crippen molar-refractivity contribution in [1.82, 2.24) is 15.3 Å². The highest BCUT2D eigenvalue weighted by atomic mass is 32.2. The van der Waals surface area contributed by atoms with Gasteiger partial charge in [-0.3, -0.25) is 0 Å². The molecule has 2 N–H and O–H groups in total. The molecule has 2 rings (SSSR count). The van der Waals surface area contributed by atoms with Gasteiger partial charge in [0.15, 0.2) is 0 Å². The van der Waals surface area contributed by atoms with E-state index in [0.29, 0.717) is 6.04 Å². The molecule has 0 saturated heterocycles. The van der Waals surface area contributed by atoms with Crippen molar-refractivity contribution in [1.29, 1.82) is 0 Å². The van der Waals surface area contributed by atoms with Crippen molar-refractivity contribution in [3.05, 3.63) is 30.1 Å². The van der Waals surface area contributed by atoms with E-state index in [-0.39, 0.29) is 0 Å². The number of pyridine rings is 1. The summed E-state index contributed by atoms with van der Waals surface area (Å²) < 4.78 is 0. The van der Waals surface area contributed by atoms with Crippen LogP contribution in [0.25, 0.3) is 11.0 Å². The van der Waals surface area contributed by atoms with Crippen LogP contribution in [0.3, 0.4) is 0 Å². The third-order valence-electron chi connectivity index (χ3n) is 2.98. The summed E-state index contributed by atoms with van der Waals surface area (Å²) in [4.78, 5) is 7.50. The van der Waals surface area contributed by atoms with Crippen molar-refractivity contribution in [3.8, 4) is 0 Å². The van der Waals surface area contributed by atoms with Crippen molar-refractivity contribution in [2.24, 2.45) is 0 Å². The second-order valence-electron chi connectivity index (χ2n) is 4.15. The molecule has 0 saturated carbocycles. The number of nitrogens with one attached hydrogen (secondary N) is 2. The Morgan fingerprint density at radius 1 is 1.53 bits per heavy atom. The minimum absolute atomic E-state index is 0.589. The van der Waals surface area contributed by atoms with Gasteiger partial charge >= 0.3 is 0 Å². The summed E-state index contributed by atoms with van der Waals surface area (Å²) in [6.45, 7) is 3.13. The summed E-state index contributed by atoms with van der Waals surface area (Å²) in [6.07, 6.45) is 7.19. The molecule has 2 aromatic rings. The van der Waals surface area contributed by atoms with Gasteiger partial charge in [-0.05, 0) is 30.4 Å². The molecule has 0 aromatic carbocycles. The van der Waals surface area contributed by atoms with Crippen LogP contribution in [-0.2, 0) is 6.54 Å². The Balaban J connectivity index is 2.03. The highest BCUT2D eigenvalue weighted by molar-refractivity contribution is 7.98. The van der Waals surface area contributed by atoms with E-state index < -0.39 is 0 Å². The lowest BCUT2D eigenvalue weighted by atomic mass is 10.2. The molecule has 17 heavy (non-hydrogen) atoms. The molecule has 1 atom stereocenters. The molecule has 1 unspecified atom stereocenters. The van der Waals surface area contributed by atoms with Crippen LogP contribution in [0, 0.1) is 0 Å². The van der Waals surface area contributed by atoms with Crippen LogP contribution in [-0.4, -0.2) is 28.0 Å². The van der Waals surface area contributed by atoms with Crippen molar-refractivity contribution >= 4 is 22.8 Å². The van der Waals surface area contributed by atoms with Gasteiger partial charge < -0.3 is 10.3 Å². The number of aromatic nitrogens is 2. The highest BCUT2D eigenvalue weighted by Crippen LogP contribution is 2.15. The van der Waals surface area contributed by atoms with Crippen LogP contribution in [0.4, 0.5) is 0 Å². The summed E-state index contributed by atoms with van der Waals surface area (Å²) in [5.74, 6) is 1.16. The maximum atomic E-state index is 4.30. The Kier molecular flexibility index (Phi) is 4.45. The van der Waals surface area contributed by atoms with Crippen LogP contribution < -0.4 is 5.32 Å². The van der Waals surface area contributed by atoms with Gasteiger partial charge in [-0.15, -0.1) is 0 Å². The predicted octanol–water partition coefficient (Wildman–Crippen LogP) is 2.79. The summed E-state index contributed by atoms with van der Waals surface area (Å²) in [5.41, 5.74) is 2.27. The summed E-state index contributed by atoms with van der Waals surface area (Å²) in [7, 11) is 0. The second-order valence-corrected chi connectivity index (χ2v) is 5.07. The van der Waals surface area contributed by atoms with Gasteiger partial charge in [0.05, 0.1) is 0 Å². The van der Waals surface area contributed by atoms with E-state index >= 15 is 0 Å². The van der Waals surface area contributed by atoms with E-state index in [9.17, 15) is 0 Å². The van der Waals surface area contributed by atoms with Crippen LogP contribution in [0.2, 0.25) is 0 Å². The summed E-state index contributed by atoms with van der Waals surface area (Å²) in [5, 5.41) is 4.82. The quantitative estimate of drug-likeness (QED) is 0.827. The summed E-state index contributed by atoms with van der Waals surface area (Å²) >= 11 is 1.89. The molecular formula is C13H19N3S. The molecule has 0 fully saturated rings. The first-order chi connectivity index (χ1) is 8.35. The molecule has 0 aliphatic heterocycles. The van der Waals surface area contributed by atoms with Gasteiger partial charge in [0.25, 0.3) is 0 Å². The average Bonchev–Trinajstić information content (AvgIpc) is 2.78. The molecule has 2 aromatic heterocycles. The number of thioether (sulfide) groups is 1. The van der Waals surface area contributed by atoms with Crippen LogP contribution in [0.5, 0.6) is 0 Å². The molecule has 2 heterocycles. The lowest BCUT2D eigenvalue weighted by Crippen LogP contribution is -2.29. The molecule has 3 nitrogen and oxygen atoms in total. The van der Waals surface area contributed by atoms with E-state index in [2.05, 4.69) is 40.7 Å². The average molecular weight is 249 g/mol. The van der Waals surface area contributed by atoms with E-state index in [1.54, 1.807) is 0 Å². The van der Waals surface area contributed by atoms with Crippen molar-refractivity contribution in [3.63, 3.8) is 0 Å². The van der Waals surface area contributed by atoms with Crippen LogP contribution >= 0.6 is 11.8 Å². The van der Waals surface area contributed by atoms with E-state index in [1.807, 2.05) is 24.0 Å². The van der Waals surface area contributed by atoms with Gasteiger partial charge in [-0.25, -0.2) is 4.98 Å². The molecule has 0 aliphatic rings. The zero-order valence-electron chi connectivity index (χ0n) is 10.4. The SMILES string of the molecule is CCC(CSC)NCc1c[nH]c2ncccc12. The summed E-state index contributed by atoms with van der Waals surface area (Å²) in [6, 6.07) is 4.69. The highest BCUT2D eigenvalue weighted by Gasteiger charge is 2.07. The fraction of sp³-hybridized carbons (Fsp3) is 0.462. The largest absolute Gasteiger partial charge is 0.346 e. The first-order valence-electron chi connectivity index (χ1n) is 5.98. The topological polar surface area (TPSA) is 40.7 Å². The fourth-order valence-corrected chi connectivity index (χ4v) is 2.69. The molecule has 0 bridgehead atoms. The predicted molar refractivity (Wildman–Crippen MR) is 75.4 cm³/mol. The van der Waals surface area contributed by atoms with Crippen molar-refractivity contribution in [2.75, 3.05) is 12.0 Å². The van der Waals surface area contributed by atoms with Gasteiger partial charge in [0, 0.05) is 36.1 Å². The molecule has 4 heteroatoms.